The number of fused-ring (bicyclic) bond motifs is 1. The van der Waals surface area contributed by atoms with Crippen molar-refractivity contribution < 1.29 is 19.1 Å². The molecule has 2 aromatic rings. The van der Waals surface area contributed by atoms with Gasteiger partial charge in [0.2, 0.25) is 0 Å². The van der Waals surface area contributed by atoms with Gasteiger partial charge in [-0.2, -0.15) is 0 Å². The first-order chi connectivity index (χ1) is 13.5. The highest BCUT2D eigenvalue weighted by atomic mass is 16.5. The molecule has 28 heavy (non-hydrogen) atoms. The largest absolute Gasteiger partial charge is 0.454 e. The maximum atomic E-state index is 12.0. The van der Waals surface area contributed by atoms with Crippen molar-refractivity contribution in [3.63, 3.8) is 0 Å². The molecule has 3 N–H and O–H groups in total. The van der Waals surface area contributed by atoms with Crippen LogP contribution >= 0.6 is 0 Å². The number of aryl methyl sites for hydroxylation is 2. The van der Waals surface area contributed by atoms with Crippen molar-refractivity contribution in [3.8, 4) is 0 Å². The number of para-hydroxylation sites is 1. The molecule has 1 aliphatic rings. The average Bonchev–Trinajstić information content (AvgIpc) is 3.14. The van der Waals surface area contributed by atoms with E-state index in [1.807, 2.05) is 24.3 Å². The monoisotopic (exact) mass is 381 g/mol. The number of benzene rings is 2. The highest BCUT2D eigenvalue weighted by Gasteiger charge is 2.19. The minimum atomic E-state index is -0.892. The molecule has 3 rings (SSSR count). The number of esters is 1. The lowest BCUT2D eigenvalue weighted by Crippen LogP contribution is -2.42. The topological polar surface area (TPSA) is 96.5 Å². The van der Waals surface area contributed by atoms with Crippen LogP contribution in [0.25, 0.3) is 0 Å². The van der Waals surface area contributed by atoms with E-state index in [-0.39, 0.29) is 0 Å². The van der Waals surface area contributed by atoms with E-state index in [0.717, 1.165) is 19.3 Å². The lowest BCUT2D eigenvalue weighted by atomic mass is 10.1. The standard InChI is InChI=1S/C21H23N3O4/c1-14(22-21(27)24-17-8-3-2-4-9-17)20(26)28-13-19(25)23-18-11-10-15-6-5-7-16(15)12-18/h2-4,8-12,14H,5-7,13H2,1H3,(H,23,25)(H2,22,24,27)/t14-/m0/s1. The summed E-state index contributed by atoms with van der Waals surface area (Å²) < 4.78 is 4.99. The first kappa shape index (κ1) is 19.4. The lowest BCUT2D eigenvalue weighted by Gasteiger charge is -2.14. The third-order valence-electron chi connectivity index (χ3n) is 4.46. The number of urea groups is 1. The number of rotatable bonds is 6. The molecule has 1 aliphatic carbocycles. The van der Waals surface area contributed by atoms with Crippen LogP contribution in [0.3, 0.4) is 0 Å². The Morgan fingerprint density at radius 2 is 1.71 bits per heavy atom. The van der Waals surface area contributed by atoms with Gasteiger partial charge in [0.05, 0.1) is 0 Å². The van der Waals surface area contributed by atoms with Gasteiger partial charge >= 0.3 is 12.0 Å². The number of hydrogen-bond acceptors (Lipinski definition) is 4. The molecular weight excluding hydrogens is 358 g/mol. The molecule has 1 atom stereocenters. The van der Waals surface area contributed by atoms with Crippen LogP contribution in [0.2, 0.25) is 0 Å². The molecule has 0 spiro atoms. The molecule has 0 unspecified atom stereocenters. The SMILES string of the molecule is C[C@H](NC(=O)Nc1ccccc1)C(=O)OCC(=O)Nc1ccc2c(c1)CCC2. The molecule has 7 heteroatoms. The zero-order chi connectivity index (χ0) is 19.9. The second-order valence-corrected chi connectivity index (χ2v) is 6.68. The van der Waals surface area contributed by atoms with Crippen LogP contribution in [0, 0.1) is 0 Å². The fourth-order valence-corrected chi connectivity index (χ4v) is 3.05. The van der Waals surface area contributed by atoms with Crippen LogP contribution in [-0.4, -0.2) is 30.6 Å². The van der Waals surface area contributed by atoms with E-state index in [4.69, 9.17) is 4.74 Å². The Kier molecular flexibility index (Phi) is 6.26. The van der Waals surface area contributed by atoms with Gasteiger partial charge in [-0.1, -0.05) is 24.3 Å². The van der Waals surface area contributed by atoms with E-state index in [2.05, 4.69) is 16.0 Å². The predicted molar refractivity (Wildman–Crippen MR) is 106 cm³/mol. The minimum Gasteiger partial charge on any atom is -0.454 e. The molecule has 0 heterocycles. The third-order valence-corrected chi connectivity index (χ3v) is 4.46. The van der Waals surface area contributed by atoms with E-state index in [9.17, 15) is 14.4 Å². The average molecular weight is 381 g/mol. The Labute approximate surface area is 163 Å². The summed E-state index contributed by atoms with van der Waals surface area (Å²) in [6.07, 6.45) is 3.22. The quantitative estimate of drug-likeness (QED) is 0.671. The van der Waals surface area contributed by atoms with E-state index in [1.54, 1.807) is 24.3 Å². The van der Waals surface area contributed by atoms with Crippen molar-refractivity contribution in [2.45, 2.75) is 32.2 Å². The van der Waals surface area contributed by atoms with Crippen molar-refractivity contribution in [2.24, 2.45) is 0 Å². The molecule has 0 saturated heterocycles. The van der Waals surface area contributed by atoms with Crippen LogP contribution in [0.15, 0.2) is 48.5 Å². The number of nitrogens with one attached hydrogen (secondary N) is 3. The highest BCUT2D eigenvalue weighted by molar-refractivity contribution is 5.95. The second kappa shape index (κ2) is 9.03. The molecule has 0 aromatic heterocycles. The van der Waals surface area contributed by atoms with Crippen molar-refractivity contribution >= 4 is 29.3 Å². The van der Waals surface area contributed by atoms with Crippen LogP contribution in [0.1, 0.15) is 24.5 Å². The maximum absolute atomic E-state index is 12.0. The van der Waals surface area contributed by atoms with Gasteiger partial charge in [-0.3, -0.25) is 4.79 Å². The molecule has 146 valence electrons. The van der Waals surface area contributed by atoms with Gasteiger partial charge in [-0.15, -0.1) is 0 Å². The second-order valence-electron chi connectivity index (χ2n) is 6.68. The smallest absolute Gasteiger partial charge is 0.328 e. The zero-order valence-corrected chi connectivity index (χ0v) is 15.7. The van der Waals surface area contributed by atoms with Crippen LogP contribution in [-0.2, 0) is 27.2 Å². The fourth-order valence-electron chi connectivity index (χ4n) is 3.05. The van der Waals surface area contributed by atoms with Gasteiger partial charge in [-0.05, 0) is 61.6 Å². The Morgan fingerprint density at radius 1 is 0.964 bits per heavy atom. The van der Waals surface area contributed by atoms with Crippen LogP contribution in [0.4, 0.5) is 16.2 Å². The molecule has 0 bridgehead atoms. The van der Waals surface area contributed by atoms with Gasteiger partial charge in [0.25, 0.3) is 5.91 Å². The first-order valence-electron chi connectivity index (χ1n) is 9.22. The van der Waals surface area contributed by atoms with Crippen molar-refractivity contribution in [2.75, 3.05) is 17.2 Å². The van der Waals surface area contributed by atoms with Gasteiger partial charge in [0.1, 0.15) is 6.04 Å². The lowest BCUT2D eigenvalue weighted by molar-refractivity contribution is -0.148. The summed E-state index contributed by atoms with van der Waals surface area (Å²) in [5.74, 6) is -1.11. The molecule has 0 radical (unpaired) electrons. The molecule has 2 aromatic carbocycles. The zero-order valence-electron chi connectivity index (χ0n) is 15.7. The van der Waals surface area contributed by atoms with Gasteiger partial charge < -0.3 is 20.7 Å². The number of ether oxygens (including phenoxy) is 1. The van der Waals surface area contributed by atoms with E-state index < -0.39 is 30.6 Å². The molecular formula is C21H23N3O4. The summed E-state index contributed by atoms with van der Waals surface area (Å²) >= 11 is 0. The Hall–Kier alpha value is -3.35. The number of hydrogen-bond donors (Lipinski definition) is 3. The highest BCUT2D eigenvalue weighted by Crippen LogP contribution is 2.24. The Balaban J connectivity index is 1.41. The maximum Gasteiger partial charge on any atom is 0.328 e. The number of carbonyl (C=O) groups excluding carboxylic acids is 3. The summed E-state index contributed by atoms with van der Waals surface area (Å²) in [5.41, 5.74) is 3.86. The van der Waals surface area contributed by atoms with Crippen molar-refractivity contribution in [1.29, 1.82) is 0 Å². The van der Waals surface area contributed by atoms with Gasteiger partial charge in [0, 0.05) is 11.4 Å². The molecule has 0 aliphatic heterocycles. The van der Waals surface area contributed by atoms with Crippen LogP contribution in [0.5, 0.6) is 0 Å². The first-order valence-corrected chi connectivity index (χ1v) is 9.22. The molecule has 0 saturated carbocycles. The summed E-state index contributed by atoms with van der Waals surface area (Å²) in [4.78, 5) is 35.9. The van der Waals surface area contributed by atoms with Gasteiger partial charge in [0.15, 0.2) is 6.61 Å². The molecule has 0 fully saturated rings. The Morgan fingerprint density at radius 3 is 2.50 bits per heavy atom. The predicted octanol–water partition coefficient (Wildman–Crippen LogP) is 2.87. The summed E-state index contributed by atoms with van der Waals surface area (Å²) in [7, 11) is 0. The Bertz CT molecular complexity index is 867. The molecule has 7 nitrogen and oxygen atoms in total. The van der Waals surface area contributed by atoms with Crippen molar-refractivity contribution in [1.82, 2.24) is 5.32 Å². The van der Waals surface area contributed by atoms with Crippen molar-refractivity contribution in [3.05, 3.63) is 59.7 Å². The van der Waals surface area contributed by atoms with Crippen LogP contribution < -0.4 is 16.0 Å². The van der Waals surface area contributed by atoms with Gasteiger partial charge in [-0.25, -0.2) is 9.59 Å². The summed E-state index contributed by atoms with van der Waals surface area (Å²) in [6, 6.07) is 13.3. The van der Waals surface area contributed by atoms with E-state index >= 15 is 0 Å². The summed E-state index contributed by atoms with van der Waals surface area (Å²) in [6.45, 7) is 1.08. The third kappa shape index (κ3) is 5.33. The summed E-state index contributed by atoms with van der Waals surface area (Å²) in [5, 5.41) is 7.81. The fraction of sp³-hybridized carbons (Fsp3) is 0.286. The number of carbonyl (C=O) groups is 3. The number of anilines is 2. The normalized spacial score (nSPS) is 13.2. The van der Waals surface area contributed by atoms with E-state index in [0.29, 0.717) is 11.4 Å². The van der Waals surface area contributed by atoms with E-state index in [1.165, 1.54) is 18.1 Å². The minimum absolute atomic E-state index is 0.414. The molecule has 3 amide bonds. The number of amides is 3.